The Morgan fingerprint density at radius 2 is 1.07 bits per heavy atom. The number of fused-ring (bicyclic) bond motifs is 2. The molecule has 2 aliphatic heterocycles. The van der Waals surface area contributed by atoms with Crippen LogP contribution >= 0.6 is 0 Å². The van der Waals surface area contributed by atoms with Crippen LogP contribution in [-0.2, 0) is 22.6 Å². The summed E-state index contributed by atoms with van der Waals surface area (Å²) in [6.07, 6.45) is 10.9. The molecule has 0 atom stereocenters. The molecule has 67 heavy (non-hydrogen) atoms. The van der Waals surface area contributed by atoms with E-state index in [0.717, 1.165) is 68.9 Å². The van der Waals surface area contributed by atoms with Crippen LogP contribution in [0.4, 0.5) is 8.78 Å². The average molecular weight is 897 g/mol. The highest BCUT2D eigenvalue weighted by molar-refractivity contribution is 5.95. The standard InChI is InChI=1S/C28H25FN2O2.C22H22N2O2.C7H7F/c1-33-28(32)22-8-6-20(7-9-22)18-30-16-14-21(15-17-30)26-19-31(24-12-10-23(29)11-13-24)27-5-3-2-4-25(26)27;1-26-22(25)18-8-6-16(7-9-18)15-24-12-10-17(11-13-24)20-14-23-21-5-3-2-4-19(20)21;1-6-2-4-7(8)5-3-6/h2-14,19H,15-18H2,1H3;2-10,14,23H,11-13,15H2,1H3;2-5H,1H3. The topological polar surface area (TPSA) is 79.8 Å². The fraction of sp³-hybridized carbons (Fsp3) is 0.193. The molecule has 8 nitrogen and oxygen atoms in total. The number of nitrogens with zero attached hydrogens (tertiary/aromatic N) is 3. The first-order valence-electron chi connectivity index (χ1n) is 22.5. The van der Waals surface area contributed by atoms with E-state index in [9.17, 15) is 18.4 Å². The molecule has 0 radical (unpaired) electrons. The maximum Gasteiger partial charge on any atom is 0.337 e. The van der Waals surface area contributed by atoms with Crippen LogP contribution in [-0.4, -0.2) is 71.7 Å². The highest BCUT2D eigenvalue weighted by atomic mass is 19.1. The number of para-hydroxylation sites is 2. The van der Waals surface area contributed by atoms with Crippen molar-refractivity contribution in [2.75, 3.05) is 40.4 Å². The van der Waals surface area contributed by atoms with E-state index in [0.29, 0.717) is 11.1 Å². The van der Waals surface area contributed by atoms with E-state index in [2.05, 4.69) is 86.4 Å². The Hall–Kier alpha value is -7.40. The number of hydrogen-bond donors (Lipinski definition) is 1. The second kappa shape index (κ2) is 21.7. The third-order valence-corrected chi connectivity index (χ3v) is 12.3. The van der Waals surface area contributed by atoms with Gasteiger partial charge in [0.25, 0.3) is 0 Å². The quantitative estimate of drug-likeness (QED) is 0.145. The fourth-order valence-electron chi connectivity index (χ4n) is 8.56. The van der Waals surface area contributed by atoms with Gasteiger partial charge in [-0.25, -0.2) is 18.4 Å². The lowest BCUT2D eigenvalue weighted by Gasteiger charge is -2.26. The number of aromatic amines is 1. The molecular formula is C57H54F2N4O4. The van der Waals surface area contributed by atoms with Crippen molar-refractivity contribution in [3.05, 3.63) is 221 Å². The van der Waals surface area contributed by atoms with E-state index in [-0.39, 0.29) is 23.6 Å². The number of halogens is 2. The van der Waals surface area contributed by atoms with Crippen LogP contribution in [0, 0.1) is 18.6 Å². The molecule has 0 fully saturated rings. The molecule has 0 saturated carbocycles. The Morgan fingerprint density at radius 1 is 0.582 bits per heavy atom. The van der Waals surface area contributed by atoms with Gasteiger partial charge >= 0.3 is 11.9 Å². The molecule has 10 heteroatoms. The minimum absolute atomic E-state index is 0.171. The van der Waals surface area contributed by atoms with Crippen LogP contribution in [0.5, 0.6) is 0 Å². The zero-order valence-corrected chi connectivity index (χ0v) is 38.1. The lowest BCUT2D eigenvalue weighted by atomic mass is 9.98. The molecule has 8 aromatic rings. The summed E-state index contributed by atoms with van der Waals surface area (Å²) in [5, 5.41) is 2.51. The predicted octanol–water partition coefficient (Wildman–Crippen LogP) is 12.2. The zero-order valence-electron chi connectivity index (χ0n) is 38.1. The SMILES string of the molecule is COC(=O)c1ccc(CN2CC=C(c3c[nH]c4ccccc34)CC2)cc1.COC(=O)c1ccc(CN2CC=C(c3cn(-c4ccc(F)cc4)c4ccccc34)CC2)cc1.Cc1ccc(F)cc1. The molecule has 2 aliphatic rings. The first-order chi connectivity index (χ1) is 32.6. The van der Waals surface area contributed by atoms with E-state index in [1.807, 2.05) is 73.7 Å². The first kappa shape index (κ1) is 46.1. The number of carbonyl (C=O) groups is 2. The lowest BCUT2D eigenvalue weighted by molar-refractivity contribution is 0.0592. The lowest BCUT2D eigenvalue weighted by Crippen LogP contribution is -2.28. The Labute approximate surface area is 390 Å². The fourth-order valence-corrected chi connectivity index (χ4v) is 8.56. The molecule has 10 rings (SSSR count). The van der Waals surface area contributed by atoms with Crippen molar-refractivity contribution in [1.82, 2.24) is 19.4 Å². The first-order valence-corrected chi connectivity index (χ1v) is 22.5. The number of rotatable bonds is 9. The van der Waals surface area contributed by atoms with Crippen molar-refractivity contribution in [2.24, 2.45) is 0 Å². The van der Waals surface area contributed by atoms with E-state index in [1.54, 1.807) is 12.1 Å². The van der Waals surface area contributed by atoms with Gasteiger partial charge in [-0.15, -0.1) is 0 Å². The number of esters is 2. The smallest absolute Gasteiger partial charge is 0.337 e. The van der Waals surface area contributed by atoms with Gasteiger partial charge in [0.15, 0.2) is 0 Å². The Morgan fingerprint density at radius 3 is 1.58 bits per heavy atom. The van der Waals surface area contributed by atoms with Crippen molar-refractivity contribution >= 4 is 44.9 Å². The summed E-state index contributed by atoms with van der Waals surface area (Å²) in [4.78, 5) is 31.3. The van der Waals surface area contributed by atoms with Gasteiger partial charge in [-0.3, -0.25) is 9.80 Å². The van der Waals surface area contributed by atoms with Crippen LogP contribution in [0.25, 0.3) is 38.6 Å². The molecule has 4 heterocycles. The molecule has 1 N–H and O–H groups in total. The van der Waals surface area contributed by atoms with Gasteiger partial charge in [0.2, 0.25) is 0 Å². The van der Waals surface area contributed by atoms with Crippen molar-refractivity contribution in [3.8, 4) is 5.69 Å². The van der Waals surface area contributed by atoms with Gasteiger partial charge in [0.1, 0.15) is 11.6 Å². The number of ether oxygens (including phenoxy) is 2. The normalized spacial score (nSPS) is 14.0. The summed E-state index contributed by atoms with van der Waals surface area (Å²) >= 11 is 0. The van der Waals surface area contributed by atoms with Gasteiger partial charge in [-0.2, -0.15) is 0 Å². The Balaban J connectivity index is 0.000000159. The van der Waals surface area contributed by atoms with E-state index >= 15 is 0 Å². The Kier molecular flexibility index (Phi) is 15.0. The van der Waals surface area contributed by atoms with E-state index < -0.39 is 0 Å². The highest BCUT2D eigenvalue weighted by Gasteiger charge is 2.19. The molecule has 0 unspecified atom stereocenters. The maximum absolute atomic E-state index is 13.4. The summed E-state index contributed by atoms with van der Waals surface area (Å²) in [6.45, 7) is 7.45. The average Bonchev–Trinajstić information content (AvgIpc) is 3.99. The van der Waals surface area contributed by atoms with Crippen LogP contribution in [0.2, 0.25) is 0 Å². The van der Waals surface area contributed by atoms with Crippen molar-refractivity contribution < 1.29 is 27.8 Å². The molecule has 0 spiro atoms. The monoisotopic (exact) mass is 896 g/mol. The van der Waals surface area contributed by atoms with Gasteiger partial charge in [-0.05, 0) is 115 Å². The summed E-state index contributed by atoms with van der Waals surface area (Å²) in [5.41, 5.74) is 13.2. The summed E-state index contributed by atoms with van der Waals surface area (Å²) in [5.74, 6) is -1.01. The van der Waals surface area contributed by atoms with Crippen LogP contribution < -0.4 is 0 Å². The third kappa shape index (κ3) is 11.5. The second-order valence-corrected chi connectivity index (χ2v) is 16.8. The van der Waals surface area contributed by atoms with Crippen molar-refractivity contribution in [2.45, 2.75) is 32.9 Å². The zero-order chi connectivity index (χ0) is 46.7. The molecule has 0 aliphatic carbocycles. The summed E-state index contributed by atoms with van der Waals surface area (Å²) < 4.78 is 37.2. The minimum atomic E-state index is -0.313. The van der Waals surface area contributed by atoms with Gasteiger partial charge in [0.05, 0.1) is 30.9 Å². The number of aryl methyl sites for hydroxylation is 1. The number of carbonyl (C=O) groups excluding carboxylic acids is 2. The molecular weight excluding hydrogens is 843 g/mol. The number of H-pyrrole nitrogens is 1. The van der Waals surface area contributed by atoms with Crippen LogP contribution in [0.3, 0.4) is 0 Å². The number of benzene rings is 6. The predicted molar refractivity (Wildman–Crippen MR) is 264 cm³/mol. The van der Waals surface area contributed by atoms with Gasteiger partial charge in [-0.1, -0.05) is 90.5 Å². The third-order valence-electron chi connectivity index (χ3n) is 12.3. The molecule has 0 saturated heterocycles. The van der Waals surface area contributed by atoms with Crippen LogP contribution in [0.15, 0.2) is 170 Å². The molecule has 6 aromatic carbocycles. The van der Waals surface area contributed by atoms with Crippen molar-refractivity contribution in [3.63, 3.8) is 0 Å². The molecule has 0 amide bonds. The van der Waals surface area contributed by atoms with Crippen LogP contribution in [0.1, 0.15) is 61.4 Å². The number of hydrogen-bond acceptors (Lipinski definition) is 6. The second-order valence-electron chi connectivity index (χ2n) is 16.8. The maximum atomic E-state index is 13.4. The number of aromatic nitrogens is 2. The van der Waals surface area contributed by atoms with Gasteiger partial charge in [0, 0.05) is 84.8 Å². The van der Waals surface area contributed by atoms with E-state index in [1.165, 1.54) is 88.2 Å². The van der Waals surface area contributed by atoms with Crippen molar-refractivity contribution in [1.29, 1.82) is 0 Å². The van der Waals surface area contributed by atoms with E-state index in [4.69, 9.17) is 9.47 Å². The molecule has 2 aromatic heterocycles. The summed E-state index contributed by atoms with van der Waals surface area (Å²) in [7, 11) is 2.80. The minimum Gasteiger partial charge on any atom is -0.465 e. The number of methoxy groups -OCH3 is 2. The molecule has 340 valence electrons. The number of nitrogens with one attached hydrogen (secondary N) is 1. The van der Waals surface area contributed by atoms with Gasteiger partial charge < -0.3 is 19.0 Å². The largest absolute Gasteiger partial charge is 0.465 e. The Bertz CT molecular complexity index is 2990. The highest BCUT2D eigenvalue weighted by Crippen LogP contribution is 2.34. The molecule has 0 bridgehead atoms. The summed E-state index contributed by atoms with van der Waals surface area (Å²) in [6, 6.07) is 45.1.